The summed E-state index contributed by atoms with van der Waals surface area (Å²) in [5.74, 6) is -0.0944. The average Bonchev–Trinajstić information content (AvgIpc) is 2.57. The molecule has 1 aromatic heterocycles. The summed E-state index contributed by atoms with van der Waals surface area (Å²) in [7, 11) is 1.76. The van der Waals surface area contributed by atoms with Gasteiger partial charge in [0.1, 0.15) is 5.69 Å². The van der Waals surface area contributed by atoms with E-state index in [-0.39, 0.29) is 11.3 Å². The first-order valence-electron chi connectivity index (χ1n) is 5.47. The summed E-state index contributed by atoms with van der Waals surface area (Å²) in [6.07, 6.45) is 1.71. The molecule has 0 aliphatic carbocycles. The maximum absolute atomic E-state index is 11.7. The summed E-state index contributed by atoms with van der Waals surface area (Å²) in [6, 6.07) is 1.77. The molecule has 0 aliphatic heterocycles. The number of amides is 1. The largest absolute Gasteiger partial charge is 0.351 e. The van der Waals surface area contributed by atoms with Crippen LogP contribution in [0, 0.1) is 6.92 Å². The molecule has 0 spiro atoms. The minimum atomic E-state index is -0.0944. The van der Waals surface area contributed by atoms with Gasteiger partial charge < -0.3 is 5.32 Å². The van der Waals surface area contributed by atoms with E-state index in [0.29, 0.717) is 12.2 Å². The van der Waals surface area contributed by atoms with Crippen LogP contribution in [-0.4, -0.2) is 27.6 Å². The Kier molecular flexibility index (Phi) is 4.80. The number of halogens is 1. The molecule has 1 heterocycles. The maximum atomic E-state index is 11.7. The molecule has 1 atom stereocenters. The molecule has 4 nitrogen and oxygen atoms in total. The van der Waals surface area contributed by atoms with Gasteiger partial charge in [-0.1, -0.05) is 6.92 Å². The number of aryl methyl sites for hydroxylation is 2. The lowest BCUT2D eigenvalue weighted by atomic mass is 10.2. The number of nitrogens with zero attached hydrogens (tertiary/aromatic N) is 2. The zero-order chi connectivity index (χ0) is 12.1. The highest BCUT2D eigenvalue weighted by atomic mass is 35.5. The van der Waals surface area contributed by atoms with Crippen molar-refractivity contribution in [2.75, 3.05) is 6.54 Å². The van der Waals surface area contributed by atoms with Gasteiger partial charge in [0, 0.05) is 19.0 Å². The molecule has 0 bridgehead atoms. The highest BCUT2D eigenvalue weighted by Crippen LogP contribution is 2.05. The number of hydrogen-bond donors (Lipinski definition) is 1. The number of carbonyl (C=O) groups is 1. The van der Waals surface area contributed by atoms with Crippen LogP contribution in [0.2, 0.25) is 0 Å². The number of hydrogen-bond acceptors (Lipinski definition) is 2. The van der Waals surface area contributed by atoms with Gasteiger partial charge in [-0.2, -0.15) is 5.10 Å². The van der Waals surface area contributed by atoms with E-state index in [1.807, 2.05) is 13.8 Å². The van der Waals surface area contributed by atoms with Crippen molar-refractivity contribution in [3.05, 3.63) is 17.5 Å². The first-order valence-corrected chi connectivity index (χ1v) is 5.91. The van der Waals surface area contributed by atoms with Crippen LogP contribution in [0.5, 0.6) is 0 Å². The van der Waals surface area contributed by atoms with Crippen molar-refractivity contribution in [2.45, 2.75) is 32.1 Å². The molecule has 0 aliphatic rings. The Morgan fingerprint density at radius 1 is 1.69 bits per heavy atom. The van der Waals surface area contributed by atoms with E-state index in [9.17, 15) is 4.79 Å². The summed E-state index contributed by atoms with van der Waals surface area (Å²) < 4.78 is 1.59. The molecule has 1 unspecified atom stereocenters. The molecule has 1 amide bonds. The van der Waals surface area contributed by atoms with Crippen LogP contribution in [0.4, 0.5) is 0 Å². The minimum Gasteiger partial charge on any atom is -0.351 e. The summed E-state index contributed by atoms with van der Waals surface area (Å²) in [4.78, 5) is 11.7. The van der Waals surface area contributed by atoms with Gasteiger partial charge in [-0.15, -0.1) is 11.6 Å². The Morgan fingerprint density at radius 2 is 2.38 bits per heavy atom. The minimum absolute atomic E-state index is 0.0944. The Balaban J connectivity index is 2.44. The van der Waals surface area contributed by atoms with Gasteiger partial charge >= 0.3 is 0 Å². The molecule has 1 rings (SSSR count). The van der Waals surface area contributed by atoms with E-state index in [2.05, 4.69) is 10.4 Å². The Labute approximate surface area is 101 Å². The molecule has 5 heteroatoms. The lowest BCUT2D eigenvalue weighted by Crippen LogP contribution is -2.27. The van der Waals surface area contributed by atoms with Crippen LogP contribution in [0.15, 0.2) is 6.07 Å². The second kappa shape index (κ2) is 5.89. The van der Waals surface area contributed by atoms with Gasteiger partial charge in [-0.05, 0) is 25.8 Å². The molecule has 0 fully saturated rings. The second-order valence-electron chi connectivity index (χ2n) is 3.84. The number of alkyl halides is 1. The number of carbonyl (C=O) groups excluding carboxylic acids is 1. The molecule has 1 aromatic rings. The van der Waals surface area contributed by atoms with Crippen molar-refractivity contribution in [1.82, 2.24) is 15.1 Å². The Bertz CT molecular complexity index is 362. The topological polar surface area (TPSA) is 46.9 Å². The van der Waals surface area contributed by atoms with Crippen molar-refractivity contribution in [3.8, 4) is 0 Å². The van der Waals surface area contributed by atoms with E-state index >= 15 is 0 Å². The number of aromatic nitrogens is 2. The molecular weight excluding hydrogens is 226 g/mol. The average molecular weight is 244 g/mol. The third kappa shape index (κ3) is 3.52. The molecule has 90 valence electrons. The molecule has 0 aromatic carbocycles. The van der Waals surface area contributed by atoms with Crippen molar-refractivity contribution < 1.29 is 4.79 Å². The van der Waals surface area contributed by atoms with Crippen molar-refractivity contribution >= 4 is 17.5 Å². The highest BCUT2D eigenvalue weighted by molar-refractivity contribution is 6.20. The van der Waals surface area contributed by atoms with Gasteiger partial charge in [-0.3, -0.25) is 9.48 Å². The molecule has 16 heavy (non-hydrogen) atoms. The molecule has 1 N–H and O–H groups in total. The Hall–Kier alpha value is -1.03. The van der Waals surface area contributed by atoms with E-state index in [4.69, 9.17) is 11.6 Å². The third-order valence-electron chi connectivity index (χ3n) is 2.42. The van der Waals surface area contributed by atoms with Crippen LogP contribution in [0.3, 0.4) is 0 Å². The molecule has 0 radical (unpaired) electrons. The van der Waals surface area contributed by atoms with Crippen LogP contribution in [0.25, 0.3) is 0 Å². The fourth-order valence-corrected chi connectivity index (χ4v) is 1.57. The standard InChI is InChI=1S/C11H18ClN3O/c1-4-9(12)5-6-13-11(16)10-7-8(2)14-15(10)3/h7,9H,4-6H2,1-3H3,(H,13,16). The van der Waals surface area contributed by atoms with Gasteiger partial charge in [0.2, 0.25) is 0 Å². The molecule has 0 saturated heterocycles. The van der Waals surface area contributed by atoms with Gasteiger partial charge in [0.25, 0.3) is 5.91 Å². The third-order valence-corrected chi connectivity index (χ3v) is 2.95. The SMILES string of the molecule is CCC(Cl)CCNC(=O)c1cc(C)nn1C. The summed E-state index contributed by atoms with van der Waals surface area (Å²) >= 11 is 5.96. The van der Waals surface area contributed by atoms with Crippen molar-refractivity contribution in [1.29, 1.82) is 0 Å². The molecule has 0 saturated carbocycles. The number of nitrogens with one attached hydrogen (secondary N) is 1. The van der Waals surface area contributed by atoms with Gasteiger partial charge in [-0.25, -0.2) is 0 Å². The van der Waals surface area contributed by atoms with E-state index in [0.717, 1.165) is 18.5 Å². The summed E-state index contributed by atoms with van der Waals surface area (Å²) in [6.45, 7) is 4.50. The molecular formula is C11H18ClN3O. The first-order chi connectivity index (χ1) is 7.54. The normalized spacial score (nSPS) is 12.5. The predicted octanol–water partition coefficient (Wildman–Crippen LogP) is 1.87. The van der Waals surface area contributed by atoms with E-state index in [1.54, 1.807) is 17.8 Å². The van der Waals surface area contributed by atoms with Gasteiger partial charge in [0.05, 0.1) is 5.69 Å². The highest BCUT2D eigenvalue weighted by Gasteiger charge is 2.11. The number of rotatable bonds is 5. The van der Waals surface area contributed by atoms with E-state index in [1.165, 1.54) is 0 Å². The van der Waals surface area contributed by atoms with Crippen LogP contribution < -0.4 is 5.32 Å². The van der Waals surface area contributed by atoms with E-state index < -0.39 is 0 Å². The van der Waals surface area contributed by atoms with Crippen LogP contribution in [0.1, 0.15) is 35.9 Å². The zero-order valence-corrected chi connectivity index (χ0v) is 10.7. The van der Waals surface area contributed by atoms with Gasteiger partial charge in [0.15, 0.2) is 0 Å². The van der Waals surface area contributed by atoms with Crippen molar-refractivity contribution in [3.63, 3.8) is 0 Å². The zero-order valence-electron chi connectivity index (χ0n) is 9.96. The fraction of sp³-hybridized carbons (Fsp3) is 0.636. The second-order valence-corrected chi connectivity index (χ2v) is 4.46. The van der Waals surface area contributed by atoms with Crippen LogP contribution >= 0.6 is 11.6 Å². The monoisotopic (exact) mass is 243 g/mol. The predicted molar refractivity (Wildman–Crippen MR) is 64.8 cm³/mol. The first kappa shape index (κ1) is 13.0. The quantitative estimate of drug-likeness (QED) is 0.803. The smallest absolute Gasteiger partial charge is 0.269 e. The summed E-state index contributed by atoms with van der Waals surface area (Å²) in [5.41, 5.74) is 1.43. The maximum Gasteiger partial charge on any atom is 0.269 e. The lowest BCUT2D eigenvalue weighted by molar-refractivity contribution is 0.0943. The summed E-state index contributed by atoms with van der Waals surface area (Å²) in [5, 5.41) is 7.09. The van der Waals surface area contributed by atoms with Crippen molar-refractivity contribution in [2.24, 2.45) is 7.05 Å². The Morgan fingerprint density at radius 3 is 2.88 bits per heavy atom. The lowest BCUT2D eigenvalue weighted by Gasteiger charge is -2.07. The fourth-order valence-electron chi connectivity index (χ4n) is 1.46. The van der Waals surface area contributed by atoms with Crippen LogP contribution in [-0.2, 0) is 7.05 Å².